The van der Waals surface area contributed by atoms with Gasteiger partial charge in [-0.1, -0.05) is 6.07 Å². The number of hydrogen-bond acceptors (Lipinski definition) is 4. The van der Waals surface area contributed by atoms with E-state index in [1.54, 1.807) is 18.3 Å². The van der Waals surface area contributed by atoms with Crippen molar-refractivity contribution in [1.29, 1.82) is 0 Å². The average Bonchev–Trinajstić information content (AvgIpc) is 2.41. The fourth-order valence-corrected chi connectivity index (χ4v) is 2.62. The van der Waals surface area contributed by atoms with Gasteiger partial charge in [0.15, 0.2) is 0 Å². The molecule has 5 heteroatoms. The highest BCUT2D eigenvalue weighted by Gasteiger charge is 2.23. The fourth-order valence-electron chi connectivity index (χ4n) is 1.96. The molecule has 0 spiro atoms. The molecule has 0 amide bonds. The van der Waals surface area contributed by atoms with Gasteiger partial charge >= 0.3 is 5.97 Å². The van der Waals surface area contributed by atoms with Crippen molar-refractivity contribution in [3.05, 3.63) is 53.2 Å². The molecule has 4 nitrogen and oxygen atoms in total. The van der Waals surface area contributed by atoms with Gasteiger partial charge in [-0.25, -0.2) is 9.78 Å². The molecule has 1 aromatic heterocycles. The monoisotopic (exact) mass is 314 g/mol. The molecule has 0 aliphatic heterocycles. The molecule has 0 bridgehead atoms. The first-order chi connectivity index (χ1) is 10.3. The van der Waals surface area contributed by atoms with Crippen molar-refractivity contribution in [2.75, 3.05) is 5.32 Å². The predicted octanol–water partition coefficient (Wildman–Crippen LogP) is 4.43. The second-order valence-electron chi connectivity index (χ2n) is 6.33. The summed E-state index contributed by atoms with van der Waals surface area (Å²) in [7, 11) is -1.94. The van der Waals surface area contributed by atoms with Crippen molar-refractivity contribution >= 4 is 25.8 Å². The molecular formula is C17H22N2O2Si. The lowest BCUT2D eigenvalue weighted by molar-refractivity contribution is 0.0725. The van der Waals surface area contributed by atoms with Crippen LogP contribution in [-0.2, 0) is 4.43 Å². The van der Waals surface area contributed by atoms with Gasteiger partial charge in [-0.3, -0.25) is 0 Å². The normalized spacial score (nSPS) is 11.1. The Balaban J connectivity index is 2.28. The molecule has 0 aliphatic carbocycles. The molecular weight excluding hydrogens is 292 g/mol. The van der Waals surface area contributed by atoms with Crippen LogP contribution < -0.4 is 5.32 Å². The molecule has 0 unspecified atom stereocenters. The number of nitrogens with zero attached hydrogens (tertiary/aromatic N) is 1. The summed E-state index contributed by atoms with van der Waals surface area (Å²) in [6.45, 7) is 10.1. The number of hydrogen-bond donors (Lipinski definition) is 1. The maximum atomic E-state index is 12.3. The molecule has 1 aromatic carbocycles. The zero-order valence-corrected chi connectivity index (χ0v) is 14.7. The largest absolute Gasteiger partial charge is 0.516 e. The van der Waals surface area contributed by atoms with Gasteiger partial charge in [0.1, 0.15) is 11.4 Å². The van der Waals surface area contributed by atoms with E-state index in [2.05, 4.69) is 24.1 Å². The zero-order valence-electron chi connectivity index (χ0n) is 13.7. The molecule has 2 aromatic rings. The summed E-state index contributed by atoms with van der Waals surface area (Å²) < 4.78 is 5.56. The van der Waals surface area contributed by atoms with E-state index < -0.39 is 8.32 Å². The number of nitrogens with one attached hydrogen (secondary N) is 1. The van der Waals surface area contributed by atoms with E-state index in [4.69, 9.17) is 4.43 Å². The Labute approximate surface area is 132 Å². The van der Waals surface area contributed by atoms with Gasteiger partial charge in [0.2, 0.25) is 8.32 Å². The molecule has 0 radical (unpaired) electrons. The Hall–Kier alpha value is -2.14. The van der Waals surface area contributed by atoms with Gasteiger partial charge in [0.25, 0.3) is 0 Å². The number of benzene rings is 1. The van der Waals surface area contributed by atoms with Crippen LogP contribution in [0.3, 0.4) is 0 Å². The summed E-state index contributed by atoms with van der Waals surface area (Å²) >= 11 is 0. The number of aromatic nitrogens is 1. The molecule has 1 heterocycles. The SMILES string of the molecule is Cc1ccc(Nc2ncccc2C(=O)O[Si](C)(C)C)cc1C. The topological polar surface area (TPSA) is 51.2 Å². The van der Waals surface area contributed by atoms with E-state index in [1.165, 1.54) is 11.1 Å². The smallest absolute Gasteiger partial charge is 0.328 e. The zero-order chi connectivity index (χ0) is 16.3. The quantitative estimate of drug-likeness (QED) is 0.848. The maximum Gasteiger partial charge on any atom is 0.328 e. The first kappa shape index (κ1) is 16.2. The van der Waals surface area contributed by atoms with Gasteiger partial charge in [0, 0.05) is 11.9 Å². The van der Waals surface area contributed by atoms with Crippen LogP contribution in [0, 0.1) is 13.8 Å². The number of carbonyl (C=O) groups is 1. The minimum atomic E-state index is -1.94. The van der Waals surface area contributed by atoms with E-state index in [1.807, 2.05) is 37.8 Å². The highest BCUT2D eigenvalue weighted by atomic mass is 28.4. The lowest BCUT2D eigenvalue weighted by Crippen LogP contribution is -2.29. The van der Waals surface area contributed by atoms with Crippen molar-refractivity contribution in [3.63, 3.8) is 0 Å². The van der Waals surface area contributed by atoms with E-state index in [0.29, 0.717) is 11.4 Å². The third kappa shape index (κ3) is 4.18. The predicted molar refractivity (Wildman–Crippen MR) is 92.2 cm³/mol. The van der Waals surface area contributed by atoms with Crippen molar-refractivity contribution in [1.82, 2.24) is 4.98 Å². The third-order valence-electron chi connectivity index (χ3n) is 3.20. The number of aryl methyl sites for hydroxylation is 2. The summed E-state index contributed by atoms with van der Waals surface area (Å²) in [5, 5.41) is 3.21. The number of pyridine rings is 1. The van der Waals surface area contributed by atoms with E-state index in [0.717, 1.165) is 5.69 Å². The standard InChI is InChI=1S/C17H22N2O2Si/c1-12-8-9-14(11-13(12)2)19-16-15(7-6-10-18-16)17(20)21-22(3,4)5/h6-11H,1-5H3,(H,18,19). The van der Waals surface area contributed by atoms with Crippen LogP contribution in [0.2, 0.25) is 19.6 Å². The lowest BCUT2D eigenvalue weighted by Gasteiger charge is -2.18. The minimum Gasteiger partial charge on any atom is -0.516 e. The van der Waals surface area contributed by atoms with Crippen LogP contribution in [0.15, 0.2) is 36.5 Å². The van der Waals surface area contributed by atoms with E-state index in [9.17, 15) is 4.79 Å². The van der Waals surface area contributed by atoms with Crippen LogP contribution in [-0.4, -0.2) is 19.3 Å². The number of carbonyl (C=O) groups excluding carboxylic acids is 1. The van der Waals surface area contributed by atoms with Gasteiger partial charge < -0.3 is 9.74 Å². The summed E-state index contributed by atoms with van der Waals surface area (Å²) in [5.74, 6) is 0.201. The Bertz CT molecular complexity index is 693. The molecule has 0 saturated carbocycles. The summed E-state index contributed by atoms with van der Waals surface area (Å²) in [6, 6.07) is 9.54. The molecule has 0 fully saturated rings. The highest BCUT2D eigenvalue weighted by molar-refractivity contribution is 6.71. The first-order valence-electron chi connectivity index (χ1n) is 7.29. The van der Waals surface area contributed by atoms with Gasteiger partial charge in [0.05, 0.1) is 0 Å². The van der Waals surface area contributed by atoms with Crippen LogP contribution >= 0.6 is 0 Å². The van der Waals surface area contributed by atoms with E-state index in [-0.39, 0.29) is 5.97 Å². The Kier molecular flexibility index (Phi) is 4.66. The molecule has 116 valence electrons. The molecule has 0 saturated heterocycles. The lowest BCUT2D eigenvalue weighted by atomic mass is 10.1. The summed E-state index contributed by atoms with van der Waals surface area (Å²) in [6.07, 6.45) is 1.66. The molecule has 2 rings (SSSR count). The van der Waals surface area contributed by atoms with Crippen molar-refractivity contribution in [3.8, 4) is 0 Å². The summed E-state index contributed by atoms with van der Waals surface area (Å²) in [4.78, 5) is 16.6. The second-order valence-corrected chi connectivity index (χ2v) is 10.8. The third-order valence-corrected chi connectivity index (χ3v) is 3.99. The van der Waals surface area contributed by atoms with Crippen molar-refractivity contribution in [2.45, 2.75) is 33.5 Å². The Morgan fingerprint density at radius 2 is 1.86 bits per heavy atom. The van der Waals surface area contributed by atoms with Crippen LogP contribution in [0.4, 0.5) is 11.5 Å². The Morgan fingerprint density at radius 3 is 2.50 bits per heavy atom. The van der Waals surface area contributed by atoms with Crippen molar-refractivity contribution in [2.24, 2.45) is 0 Å². The highest BCUT2D eigenvalue weighted by Crippen LogP contribution is 2.22. The van der Waals surface area contributed by atoms with Crippen LogP contribution in [0.25, 0.3) is 0 Å². The fraction of sp³-hybridized carbons (Fsp3) is 0.294. The van der Waals surface area contributed by atoms with Gasteiger partial charge in [-0.05, 0) is 68.9 Å². The number of rotatable bonds is 4. The van der Waals surface area contributed by atoms with E-state index >= 15 is 0 Å². The Morgan fingerprint density at radius 1 is 1.14 bits per heavy atom. The maximum absolute atomic E-state index is 12.3. The van der Waals surface area contributed by atoms with Crippen LogP contribution in [0.5, 0.6) is 0 Å². The molecule has 0 aliphatic rings. The first-order valence-corrected chi connectivity index (χ1v) is 10.7. The minimum absolute atomic E-state index is 0.321. The summed E-state index contributed by atoms with van der Waals surface area (Å²) in [5.41, 5.74) is 3.78. The number of anilines is 2. The van der Waals surface area contributed by atoms with Crippen molar-refractivity contribution < 1.29 is 9.22 Å². The average molecular weight is 314 g/mol. The van der Waals surface area contributed by atoms with Crippen LogP contribution in [0.1, 0.15) is 21.5 Å². The van der Waals surface area contributed by atoms with Gasteiger partial charge in [-0.2, -0.15) is 0 Å². The second kappa shape index (κ2) is 6.32. The molecule has 22 heavy (non-hydrogen) atoms. The van der Waals surface area contributed by atoms with Gasteiger partial charge in [-0.15, -0.1) is 0 Å². The molecule has 1 N–H and O–H groups in total. The molecule has 0 atom stereocenters.